The van der Waals surface area contributed by atoms with Crippen molar-refractivity contribution in [3.8, 4) is 0 Å². The van der Waals surface area contributed by atoms with Crippen LogP contribution in [-0.2, 0) is 4.79 Å². The Labute approximate surface area is 201 Å². The van der Waals surface area contributed by atoms with Gasteiger partial charge >= 0.3 is 0 Å². The van der Waals surface area contributed by atoms with Crippen LogP contribution < -0.4 is 16.0 Å². The average Bonchev–Trinajstić information content (AvgIpc) is 2.75. The van der Waals surface area contributed by atoms with E-state index in [4.69, 9.17) is 22.7 Å². The predicted molar refractivity (Wildman–Crippen MR) is 132 cm³/mol. The summed E-state index contributed by atoms with van der Waals surface area (Å²) in [5.41, 5.74) is 7.36. The number of halogens is 2. The summed E-state index contributed by atoms with van der Waals surface area (Å²) < 4.78 is 0.146. The minimum Gasteiger partial charge on any atom is -0.383 e. The van der Waals surface area contributed by atoms with E-state index >= 15 is 0 Å². The first kappa shape index (κ1) is 24.4. The van der Waals surface area contributed by atoms with Gasteiger partial charge in [-0.05, 0) is 47.7 Å². The molecule has 1 atom stereocenters. The zero-order valence-corrected chi connectivity index (χ0v) is 20.5. The number of anilines is 2. The largest absolute Gasteiger partial charge is 0.383 e. The molecule has 1 saturated heterocycles. The average molecular weight is 524 g/mol. The van der Waals surface area contributed by atoms with Crippen LogP contribution in [0.1, 0.15) is 17.2 Å². The number of nitrogen functional groups attached to an aromatic ring is 1. The molecule has 0 radical (unpaired) electrons. The minimum atomic E-state index is -0.416. The van der Waals surface area contributed by atoms with Crippen molar-refractivity contribution in [1.29, 1.82) is 5.41 Å². The van der Waals surface area contributed by atoms with Crippen LogP contribution in [0.5, 0.6) is 0 Å². The highest BCUT2D eigenvalue weighted by molar-refractivity contribution is 9.18. The van der Waals surface area contributed by atoms with Gasteiger partial charge in [0.25, 0.3) is 0 Å². The SMILES string of the molecule is CN(C)CCNC(=O)C(c1ccc(Cl)cc1)N1CCN(c2ncnc(N)c2C(=N)Br)CC1. The molecule has 1 aromatic carbocycles. The number of benzene rings is 1. The van der Waals surface area contributed by atoms with E-state index in [1.807, 2.05) is 43.3 Å². The van der Waals surface area contributed by atoms with Crippen molar-refractivity contribution < 1.29 is 4.79 Å². The van der Waals surface area contributed by atoms with E-state index < -0.39 is 6.04 Å². The molecule has 4 N–H and O–H groups in total. The molecule has 1 aliphatic rings. The van der Waals surface area contributed by atoms with Crippen LogP contribution in [0, 0.1) is 5.41 Å². The number of rotatable bonds is 8. The van der Waals surface area contributed by atoms with E-state index in [0.717, 1.165) is 12.1 Å². The molecule has 2 heterocycles. The molecule has 1 aromatic heterocycles. The summed E-state index contributed by atoms with van der Waals surface area (Å²) in [4.78, 5) is 27.8. The summed E-state index contributed by atoms with van der Waals surface area (Å²) in [5, 5.41) is 11.7. The topological polar surface area (TPSA) is 114 Å². The van der Waals surface area contributed by atoms with E-state index in [0.29, 0.717) is 49.1 Å². The van der Waals surface area contributed by atoms with Crippen LogP contribution in [-0.4, -0.2) is 83.7 Å². The molecule has 172 valence electrons. The quantitative estimate of drug-likeness (QED) is 0.453. The van der Waals surface area contributed by atoms with Crippen molar-refractivity contribution in [1.82, 2.24) is 25.1 Å². The van der Waals surface area contributed by atoms with Gasteiger partial charge in [-0.2, -0.15) is 0 Å². The number of amides is 1. The third-order valence-corrected chi connectivity index (χ3v) is 6.00. The molecule has 0 spiro atoms. The number of likely N-dealkylation sites (N-methyl/N-ethyl adjacent to an activating group) is 1. The Hall–Kier alpha value is -2.27. The molecular formula is C21H28BrClN8O. The fraction of sp³-hybridized carbons (Fsp3) is 0.429. The van der Waals surface area contributed by atoms with Crippen LogP contribution in [0.2, 0.25) is 5.02 Å². The molecule has 0 bridgehead atoms. The number of hydrogen-bond acceptors (Lipinski definition) is 8. The molecule has 1 fully saturated rings. The molecule has 0 aliphatic carbocycles. The zero-order valence-electron chi connectivity index (χ0n) is 18.2. The summed E-state index contributed by atoms with van der Waals surface area (Å²) in [6.45, 7) is 3.91. The second kappa shape index (κ2) is 11.0. The van der Waals surface area contributed by atoms with Gasteiger partial charge in [-0.3, -0.25) is 15.1 Å². The van der Waals surface area contributed by atoms with Gasteiger partial charge in [-0.25, -0.2) is 9.97 Å². The summed E-state index contributed by atoms with van der Waals surface area (Å²) in [6.07, 6.45) is 1.41. The number of nitrogens with zero attached hydrogens (tertiary/aromatic N) is 5. The lowest BCUT2D eigenvalue weighted by molar-refractivity contribution is -0.126. The predicted octanol–water partition coefficient (Wildman–Crippen LogP) is 1.97. The summed E-state index contributed by atoms with van der Waals surface area (Å²) in [5.74, 6) is 0.855. The van der Waals surface area contributed by atoms with Gasteiger partial charge in [0.2, 0.25) is 5.91 Å². The fourth-order valence-electron chi connectivity index (χ4n) is 3.70. The number of nitrogens with two attached hydrogens (primary N) is 1. The van der Waals surface area contributed by atoms with Gasteiger partial charge in [0.15, 0.2) is 0 Å². The molecule has 1 aliphatic heterocycles. The van der Waals surface area contributed by atoms with Gasteiger partial charge < -0.3 is 20.9 Å². The smallest absolute Gasteiger partial charge is 0.242 e. The van der Waals surface area contributed by atoms with Crippen LogP contribution in [0.25, 0.3) is 0 Å². The molecule has 1 unspecified atom stereocenters. The molecule has 32 heavy (non-hydrogen) atoms. The molecule has 0 saturated carbocycles. The fourth-order valence-corrected chi connectivity index (χ4v) is 4.21. The van der Waals surface area contributed by atoms with Crippen LogP contribution in [0.3, 0.4) is 0 Å². The molecule has 9 nitrogen and oxygen atoms in total. The van der Waals surface area contributed by atoms with Crippen LogP contribution in [0.15, 0.2) is 30.6 Å². The van der Waals surface area contributed by atoms with Gasteiger partial charge in [-0.15, -0.1) is 0 Å². The van der Waals surface area contributed by atoms with Crippen molar-refractivity contribution in [2.24, 2.45) is 0 Å². The summed E-state index contributed by atoms with van der Waals surface area (Å²) >= 11 is 9.27. The number of carbonyl (C=O) groups excluding carboxylic acids is 1. The Bertz CT molecular complexity index is 947. The maximum Gasteiger partial charge on any atom is 0.242 e. The minimum absolute atomic E-state index is 0.0307. The molecule has 1 amide bonds. The van der Waals surface area contributed by atoms with E-state index in [2.05, 4.69) is 41.0 Å². The Morgan fingerprint density at radius 2 is 1.91 bits per heavy atom. The van der Waals surface area contributed by atoms with Crippen molar-refractivity contribution in [3.05, 3.63) is 46.7 Å². The second-order valence-corrected chi connectivity index (χ2v) is 9.07. The monoisotopic (exact) mass is 522 g/mol. The van der Waals surface area contributed by atoms with Crippen molar-refractivity contribution in [3.63, 3.8) is 0 Å². The van der Waals surface area contributed by atoms with Gasteiger partial charge in [-0.1, -0.05) is 23.7 Å². The summed E-state index contributed by atoms with van der Waals surface area (Å²) in [7, 11) is 3.95. The molecular weight excluding hydrogens is 496 g/mol. The van der Waals surface area contributed by atoms with Gasteiger partial charge in [0.1, 0.15) is 28.6 Å². The van der Waals surface area contributed by atoms with E-state index in [1.54, 1.807) is 0 Å². The first-order valence-corrected chi connectivity index (χ1v) is 11.5. The van der Waals surface area contributed by atoms with E-state index in [9.17, 15) is 4.79 Å². The zero-order chi connectivity index (χ0) is 23.3. The number of carbonyl (C=O) groups is 1. The Morgan fingerprint density at radius 1 is 1.25 bits per heavy atom. The number of piperazine rings is 1. The highest BCUT2D eigenvalue weighted by Crippen LogP contribution is 2.28. The van der Waals surface area contributed by atoms with Crippen LogP contribution in [0.4, 0.5) is 11.6 Å². The second-order valence-electron chi connectivity index (χ2n) is 7.84. The first-order chi connectivity index (χ1) is 15.3. The Balaban J connectivity index is 1.77. The number of aromatic nitrogens is 2. The van der Waals surface area contributed by atoms with Crippen molar-refractivity contribution in [2.45, 2.75) is 6.04 Å². The molecule has 3 rings (SSSR count). The Kier molecular flexibility index (Phi) is 8.41. The first-order valence-electron chi connectivity index (χ1n) is 10.3. The highest BCUT2D eigenvalue weighted by atomic mass is 79.9. The Morgan fingerprint density at radius 3 is 2.50 bits per heavy atom. The highest BCUT2D eigenvalue weighted by Gasteiger charge is 2.31. The van der Waals surface area contributed by atoms with Gasteiger partial charge in [0, 0.05) is 44.3 Å². The number of nitrogens with one attached hydrogen (secondary N) is 2. The van der Waals surface area contributed by atoms with Gasteiger partial charge in [0.05, 0.1) is 5.56 Å². The van der Waals surface area contributed by atoms with Crippen molar-refractivity contribution in [2.75, 3.05) is 64.0 Å². The van der Waals surface area contributed by atoms with Crippen molar-refractivity contribution >= 4 is 49.7 Å². The molecule has 11 heteroatoms. The lowest BCUT2D eigenvalue weighted by atomic mass is 10.0. The third kappa shape index (κ3) is 5.94. The maximum atomic E-state index is 13.2. The van der Waals surface area contributed by atoms with E-state index in [1.165, 1.54) is 6.33 Å². The lowest BCUT2D eigenvalue weighted by Gasteiger charge is -2.39. The third-order valence-electron chi connectivity index (χ3n) is 5.35. The van der Waals surface area contributed by atoms with E-state index in [-0.39, 0.29) is 16.3 Å². The lowest BCUT2D eigenvalue weighted by Crippen LogP contribution is -2.52. The summed E-state index contributed by atoms with van der Waals surface area (Å²) in [6, 6.07) is 7.01. The van der Waals surface area contributed by atoms with Crippen LogP contribution >= 0.6 is 27.5 Å². The molecule has 2 aromatic rings. The standard InChI is InChI=1S/C21H28BrClN8O/c1-29(2)8-7-26-21(32)17(14-3-5-15(23)6-4-14)30-9-11-31(12-10-30)20-16(18(22)24)19(25)27-13-28-20/h3-6,13,17,24H,7-12H2,1-2H3,(H,26,32)(H2,25,27,28). The normalized spacial score (nSPS) is 15.6. The maximum absolute atomic E-state index is 13.2. The number of hydrogen-bond donors (Lipinski definition) is 3.